The van der Waals surface area contributed by atoms with Gasteiger partial charge in [0.15, 0.2) is 0 Å². The number of rotatable bonds is 5. The van der Waals surface area contributed by atoms with Gasteiger partial charge in [0, 0.05) is 6.42 Å². The molecule has 1 rings (SSSR count). The Morgan fingerprint density at radius 1 is 1.41 bits per heavy atom. The number of aliphatic hydroxyl groups is 1. The maximum absolute atomic E-state index is 12.2. The van der Waals surface area contributed by atoms with Crippen molar-refractivity contribution in [3.63, 3.8) is 0 Å². The number of nitrogens with zero attached hydrogens (tertiary/aromatic N) is 1. The van der Waals surface area contributed by atoms with Gasteiger partial charge in [-0.15, -0.1) is 0 Å². The van der Waals surface area contributed by atoms with E-state index >= 15 is 0 Å². The van der Waals surface area contributed by atoms with Gasteiger partial charge in [-0.3, -0.25) is 14.5 Å². The molecule has 0 radical (unpaired) electrons. The van der Waals surface area contributed by atoms with Crippen LogP contribution in [0, 0.1) is 11.3 Å². The highest BCUT2D eigenvalue weighted by Crippen LogP contribution is 2.38. The van der Waals surface area contributed by atoms with E-state index in [1.807, 2.05) is 27.7 Å². The largest absolute Gasteiger partial charge is 0.391 e. The topological polar surface area (TPSA) is 57.6 Å². The van der Waals surface area contributed by atoms with Crippen molar-refractivity contribution >= 4 is 11.8 Å². The molecule has 1 saturated heterocycles. The van der Waals surface area contributed by atoms with E-state index in [1.54, 1.807) is 0 Å². The molecule has 0 saturated carbocycles. The van der Waals surface area contributed by atoms with E-state index < -0.39 is 11.5 Å². The highest BCUT2D eigenvalue weighted by atomic mass is 16.3. The van der Waals surface area contributed by atoms with Gasteiger partial charge >= 0.3 is 0 Å². The van der Waals surface area contributed by atoms with Gasteiger partial charge < -0.3 is 5.11 Å². The number of aliphatic hydroxyl groups excluding tert-OH is 1. The summed E-state index contributed by atoms with van der Waals surface area (Å²) in [4.78, 5) is 25.3. The Kier molecular flexibility index (Phi) is 4.31. The van der Waals surface area contributed by atoms with Gasteiger partial charge in [0.1, 0.15) is 0 Å². The van der Waals surface area contributed by atoms with E-state index in [9.17, 15) is 14.7 Å². The van der Waals surface area contributed by atoms with Crippen molar-refractivity contribution in [1.82, 2.24) is 4.90 Å². The molecule has 4 nitrogen and oxygen atoms in total. The van der Waals surface area contributed by atoms with Crippen LogP contribution in [0.1, 0.15) is 47.0 Å². The molecule has 0 aromatic rings. The lowest BCUT2D eigenvalue weighted by Gasteiger charge is -2.24. The molecule has 1 aliphatic heterocycles. The molecule has 2 amide bonds. The normalized spacial score (nSPS) is 27.1. The molecule has 0 spiro atoms. The highest BCUT2D eigenvalue weighted by molar-refractivity contribution is 6.05. The number of hydrogen-bond acceptors (Lipinski definition) is 3. The second-order valence-electron chi connectivity index (χ2n) is 5.71. The van der Waals surface area contributed by atoms with Crippen molar-refractivity contribution in [2.45, 2.75) is 53.1 Å². The van der Waals surface area contributed by atoms with Crippen molar-refractivity contribution in [2.75, 3.05) is 6.54 Å². The fourth-order valence-electron chi connectivity index (χ4n) is 2.53. The summed E-state index contributed by atoms with van der Waals surface area (Å²) in [7, 11) is 0. The lowest BCUT2D eigenvalue weighted by molar-refractivity contribution is -0.143. The molecule has 1 fully saturated rings. The van der Waals surface area contributed by atoms with Crippen LogP contribution in [-0.2, 0) is 9.59 Å². The highest BCUT2D eigenvalue weighted by Gasteiger charge is 2.48. The number of carbonyl (C=O) groups is 2. The van der Waals surface area contributed by atoms with Crippen molar-refractivity contribution in [1.29, 1.82) is 0 Å². The summed E-state index contributed by atoms with van der Waals surface area (Å²) in [6, 6.07) is 0. The van der Waals surface area contributed by atoms with E-state index in [4.69, 9.17) is 0 Å². The van der Waals surface area contributed by atoms with Crippen molar-refractivity contribution in [3.05, 3.63) is 0 Å². The number of imide groups is 1. The predicted octanol–water partition coefficient (Wildman–Crippen LogP) is 1.57. The molecule has 1 heterocycles. The summed E-state index contributed by atoms with van der Waals surface area (Å²) in [5.74, 6) is 0.113. The predicted molar refractivity (Wildman–Crippen MR) is 65.2 cm³/mol. The standard InChI is InChI=1S/C13H23NO3/c1-5-10(15)8-14-11(16)7-13(4,12(14)17)6-9(2)3/h9-10,15H,5-8H2,1-4H3. The van der Waals surface area contributed by atoms with Gasteiger partial charge in [-0.25, -0.2) is 0 Å². The molecular formula is C13H23NO3. The maximum atomic E-state index is 12.2. The van der Waals surface area contributed by atoms with Gasteiger partial charge in [-0.2, -0.15) is 0 Å². The van der Waals surface area contributed by atoms with Gasteiger partial charge in [0.2, 0.25) is 11.8 Å². The SMILES string of the molecule is CCC(O)CN1C(=O)CC(C)(CC(C)C)C1=O. The molecule has 2 atom stereocenters. The van der Waals surface area contributed by atoms with Gasteiger partial charge in [-0.05, 0) is 18.8 Å². The van der Waals surface area contributed by atoms with Crippen LogP contribution >= 0.6 is 0 Å². The Morgan fingerprint density at radius 3 is 2.47 bits per heavy atom. The smallest absolute Gasteiger partial charge is 0.235 e. The Hall–Kier alpha value is -0.900. The Labute approximate surface area is 103 Å². The molecule has 17 heavy (non-hydrogen) atoms. The minimum absolute atomic E-state index is 0.122. The molecule has 1 N–H and O–H groups in total. The number of hydrogen-bond donors (Lipinski definition) is 1. The fourth-order valence-corrected chi connectivity index (χ4v) is 2.53. The van der Waals surface area contributed by atoms with E-state index in [2.05, 4.69) is 0 Å². The van der Waals surface area contributed by atoms with Crippen molar-refractivity contribution < 1.29 is 14.7 Å². The van der Waals surface area contributed by atoms with Crippen LogP contribution in [-0.4, -0.2) is 34.5 Å². The number of likely N-dealkylation sites (tertiary alicyclic amines) is 1. The molecular weight excluding hydrogens is 218 g/mol. The summed E-state index contributed by atoms with van der Waals surface area (Å²) in [6.07, 6.45) is 0.943. The summed E-state index contributed by atoms with van der Waals surface area (Å²) in [5, 5.41) is 9.56. The van der Waals surface area contributed by atoms with Crippen LogP contribution in [0.4, 0.5) is 0 Å². The minimum atomic E-state index is -0.607. The third-order valence-electron chi connectivity index (χ3n) is 3.33. The van der Waals surface area contributed by atoms with E-state index in [0.717, 1.165) is 6.42 Å². The van der Waals surface area contributed by atoms with E-state index in [1.165, 1.54) is 4.90 Å². The average molecular weight is 241 g/mol. The molecule has 4 heteroatoms. The molecule has 98 valence electrons. The quantitative estimate of drug-likeness (QED) is 0.743. The van der Waals surface area contributed by atoms with Crippen molar-refractivity contribution in [3.8, 4) is 0 Å². The molecule has 0 aromatic carbocycles. The van der Waals surface area contributed by atoms with E-state index in [-0.39, 0.29) is 24.8 Å². The lowest BCUT2D eigenvalue weighted by atomic mass is 9.80. The number of β-amino-alcohol motifs (C(OH)–C–C–N with tert-alkyl or cyclic N) is 1. The van der Waals surface area contributed by atoms with Crippen LogP contribution < -0.4 is 0 Å². The van der Waals surface area contributed by atoms with Gasteiger partial charge in [-0.1, -0.05) is 27.7 Å². The molecule has 1 aliphatic rings. The average Bonchev–Trinajstić information content (AvgIpc) is 2.40. The molecule has 0 aliphatic carbocycles. The van der Waals surface area contributed by atoms with Gasteiger partial charge in [0.25, 0.3) is 0 Å². The van der Waals surface area contributed by atoms with Gasteiger partial charge in [0.05, 0.1) is 18.1 Å². The number of amides is 2. The minimum Gasteiger partial charge on any atom is -0.391 e. The molecule has 0 bridgehead atoms. The fraction of sp³-hybridized carbons (Fsp3) is 0.846. The molecule has 0 aromatic heterocycles. The zero-order valence-corrected chi connectivity index (χ0v) is 11.2. The lowest BCUT2D eigenvalue weighted by Crippen LogP contribution is -2.39. The van der Waals surface area contributed by atoms with E-state index in [0.29, 0.717) is 12.3 Å². The Bertz CT molecular complexity index is 314. The van der Waals surface area contributed by atoms with Crippen LogP contribution in [0.25, 0.3) is 0 Å². The first-order valence-electron chi connectivity index (χ1n) is 6.33. The van der Waals surface area contributed by atoms with Crippen LogP contribution in [0.15, 0.2) is 0 Å². The third kappa shape index (κ3) is 3.06. The summed E-state index contributed by atoms with van der Waals surface area (Å²) >= 11 is 0. The zero-order valence-electron chi connectivity index (χ0n) is 11.2. The maximum Gasteiger partial charge on any atom is 0.235 e. The first kappa shape index (κ1) is 14.2. The summed E-state index contributed by atoms with van der Waals surface area (Å²) in [6.45, 7) is 7.93. The van der Waals surface area contributed by atoms with Crippen LogP contribution in [0.2, 0.25) is 0 Å². The second-order valence-corrected chi connectivity index (χ2v) is 5.71. The first-order valence-corrected chi connectivity index (χ1v) is 6.33. The molecule has 2 unspecified atom stereocenters. The van der Waals surface area contributed by atoms with Crippen LogP contribution in [0.3, 0.4) is 0 Å². The summed E-state index contributed by atoms with van der Waals surface area (Å²) in [5.41, 5.74) is -0.571. The van der Waals surface area contributed by atoms with Crippen LogP contribution in [0.5, 0.6) is 0 Å². The van der Waals surface area contributed by atoms with Crippen molar-refractivity contribution in [2.24, 2.45) is 11.3 Å². The second kappa shape index (κ2) is 5.17. The number of carbonyl (C=O) groups excluding carboxylic acids is 2. The Morgan fingerprint density at radius 2 is 2.00 bits per heavy atom. The first-order chi connectivity index (χ1) is 7.80. The Balaban J connectivity index is 2.77. The zero-order chi connectivity index (χ0) is 13.2. The monoisotopic (exact) mass is 241 g/mol. The third-order valence-corrected chi connectivity index (χ3v) is 3.33. The summed E-state index contributed by atoms with van der Waals surface area (Å²) < 4.78 is 0.